The van der Waals surface area contributed by atoms with E-state index in [1.807, 2.05) is 24.3 Å². The number of thiazole rings is 2. The average Bonchev–Trinajstić information content (AvgIpc) is 3.43. The molecule has 4 aromatic rings. The van der Waals surface area contributed by atoms with Crippen molar-refractivity contribution in [2.24, 2.45) is 0 Å². The standard InChI is InChI=1S/C20H16FN3O2S2/c21-12-7-8-15-17(10-12)28-20(23-15)24(11-13-4-3-9-26-13)19(25)18-22-14-5-1-2-6-16(14)27-18/h1-2,5-8,10,13H,3-4,9,11H2. The van der Waals surface area contributed by atoms with Crippen LogP contribution in [0.15, 0.2) is 42.5 Å². The molecule has 1 atom stereocenters. The van der Waals surface area contributed by atoms with Crippen LogP contribution in [0.25, 0.3) is 20.4 Å². The molecule has 1 amide bonds. The van der Waals surface area contributed by atoms with Gasteiger partial charge in [-0.05, 0) is 43.2 Å². The lowest BCUT2D eigenvalue weighted by Gasteiger charge is -2.22. The molecular weight excluding hydrogens is 397 g/mol. The van der Waals surface area contributed by atoms with Crippen LogP contribution >= 0.6 is 22.7 Å². The zero-order valence-corrected chi connectivity index (χ0v) is 16.4. The van der Waals surface area contributed by atoms with Crippen LogP contribution in [0, 0.1) is 5.82 Å². The number of carbonyl (C=O) groups excluding carboxylic acids is 1. The van der Waals surface area contributed by atoms with Crippen molar-refractivity contribution in [3.8, 4) is 0 Å². The van der Waals surface area contributed by atoms with Crippen LogP contribution in [-0.4, -0.2) is 35.1 Å². The van der Waals surface area contributed by atoms with E-state index in [2.05, 4.69) is 9.97 Å². The predicted molar refractivity (Wildman–Crippen MR) is 110 cm³/mol. The van der Waals surface area contributed by atoms with Crippen molar-refractivity contribution in [1.29, 1.82) is 0 Å². The summed E-state index contributed by atoms with van der Waals surface area (Å²) in [4.78, 5) is 24.1. The average molecular weight is 413 g/mol. The second-order valence-corrected chi connectivity index (χ2v) is 8.69. The number of ether oxygens (including phenoxy) is 1. The number of hydrogen-bond donors (Lipinski definition) is 0. The first kappa shape index (κ1) is 17.7. The van der Waals surface area contributed by atoms with E-state index in [0.29, 0.717) is 33.5 Å². The van der Waals surface area contributed by atoms with Gasteiger partial charge in [-0.2, -0.15) is 0 Å². The number of aromatic nitrogens is 2. The molecular formula is C20H16FN3O2S2. The van der Waals surface area contributed by atoms with Gasteiger partial charge in [-0.3, -0.25) is 9.69 Å². The van der Waals surface area contributed by atoms with Gasteiger partial charge in [-0.15, -0.1) is 11.3 Å². The summed E-state index contributed by atoms with van der Waals surface area (Å²) in [6.07, 6.45) is 1.87. The molecule has 0 radical (unpaired) electrons. The molecule has 8 heteroatoms. The molecule has 0 bridgehead atoms. The highest BCUT2D eigenvalue weighted by molar-refractivity contribution is 7.22. The van der Waals surface area contributed by atoms with Crippen LogP contribution in [-0.2, 0) is 4.74 Å². The summed E-state index contributed by atoms with van der Waals surface area (Å²) in [5, 5.41) is 0.963. The van der Waals surface area contributed by atoms with Crippen molar-refractivity contribution >= 4 is 54.1 Å². The highest BCUT2D eigenvalue weighted by atomic mass is 32.1. The first-order valence-corrected chi connectivity index (χ1v) is 10.7. The van der Waals surface area contributed by atoms with E-state index in [1.165, 1.54) is 34.8 Å². The number of para-hydroxylation sites is 1. The smallest absolute Gasteiger partial charge is 0.289 e. The molecule has 0 saturated carbocycles. The van der Waals surface area contributed by atoms with Crippen molar-refractivity contribution in [3.63, 3.8) is 0 Å². The third kappa shape index (κ3) is 3.28. The van der Waals surface area contributed by atoms with E-state index in [4.69, 9.17) is 4.74 Å². The Labute approximate surface area is 168 Å². The fourth-order valence-corrected chi connectivity index (χ4v) is 5.23. The van der Waals surface area contributed by atoms with Crippen LogP contribution in [0.4, 0.5) is 9.52 Å². The summed E-state index contributed by atoms with van der Waals surface area (Å²) in [6.45, 7) is 1.12. The lowest BCUT2D eigenvalue weighted by Crippen LogP contribution is -2.37. The highest BCUT2D eigenvalue weighted by Gasteiger charge is 2.28. The fraction of sp³-hybridized carbons (Fsp3) is 0.250. The lowest BCUT2D eigenvalue weighted by molar-refractivity contribution is 0.0917. The summed E-state index contributed by atoms with van der Waals surface area (Å²) < 4.78 is 21.0. The molecule has 0 N–H and O–H groups in total. The second kappa shape index (κ2) is 7.20. The minimum Gasteiger partial charge on any atom is -0.376 e. The lowest BCUT2D eigenvalue weighted by atomic mass is 10.2. The molecule has 0 aliphatic carbocycles. The van der Waals surface area contributed by atoms with Crippen LogP contribution in [0.3, 0.4) is 0 Å². The minimum atomic E-state index is -0.314. The minimum absolute atomic E-state index is 0.0259. The Morgan fingerprint density at radius 2 is 2.00 bits per heavy atom. The Bertz CT molecular complexity index is 1130. The third-order valence-corrected chi connectivity index (χ3v) is 6.77. The molecule has 28 heavy (non-hydrogen) atoms. The molecule has 2 aromatic heterocycles. The largest absolute Gasteiger partial charge is 0.376 e. The molecule has 142 valence electrons. The highest BCUT2D eigenvalue weighted by Crippen LogP contribution is 2.32. The van der Waals surface area contributed by atoms with Crippen molar-refractivity contribution < 1.29 is 13.9 Å². The van der Waals surface area contributed by atoms with E-state index < -0.39 is 0 Å². The number of hydrogen-bond acceptors (Lipinski definition) is 6. The molecule has 1 fully saturated rings. The van der Waals surface area contributed by atoms with Gasteiger partial charge in [-0.25, -0.2) is 14.4 Å². The maximum atomic E-state index is 13.6. The number of anilines is 1. The number of amides is 1. The maximum absolute atomic E-state index is 13.6. The predicted octanol–water partition coefficient (Wildman–Crippen LogP) is 4.87. The van der Waals surface area contributed by atoms with Crippen molar-refractivity contribution in [2.45, 2.75) is 18.9 Å². The number of fused-ring (bicyclic) bond motifs is 2. The molecule has 5 nitrogen and oxygen atoms in total. The van der Waals surface area contributed by atoms with Crippen molar-refractivity contribution in [3.05, 3.63) is 53.3 Å². The van der Waals surface area contributed by atoms with Crippen molar-refractivity contribution in [1.82, 2.24) is 9.97 Å². The van der Waals surface area contributed by atoms with Gasteiger partial charge >= 0.3 is 0 Å². The van der Waals surface area contributed by atoms with Gasteiger partial charge in [0.15, 0.2) is 10.1 Å². The first-order valence-electron chi connectivity index (χ1n) is 9.02. The quantitative estimate of drug-likeness (QED) is 0.479. The molecule has 1 aliphatic heterocycles. The SMILES string of the molecule is O=C(c1nc2ccccc2s1)N(CC1CCCO1)c1nc2ccc(F)cc2s1. The van der Waals surface area contributed by atoms with Crippen LogP contribution in [0.2, 0.25) is 0 Å². The van der Waals surface area contributed by atoms with E-state index in [9.17, 15) is 9.18 Å². The Morgan fingerprint density at radius 1 is 1.14 bits per heavy atom. The Balaban J connectivity index is 1.55. The van der Waals surface area contributed by atoms with Crippen LogP contribution in [0.5, 0.6) is 0 Å². The third-order valence-electron chi connectivity index (χ3n) is 4.70. The second-order valence-electron chi connectivity index (χ2n) is 6.65. The molecule has 1 unspecified atom stereocenters. The summed E-state index contributed by atoms with van der Waals surface area (Å²) in [6, 6.07) is 12.2. The summed E-state index contributed by atoms with van der Waals surface area (Å²) in [5.74, 6) is -0.512. The molecule has 5 rings (SSSR count). The van der Waals surface area contributed by atoms with Crippen LogP contribution in [0.1, 0.15) is 22.6 Å². The maximum Gasteiger partial charge on any atom is 0.289 e. The summed E-state index contributed by atoms with van der Waals surface area (Å²) >= 11 is 2.68. The number of nitrogens with zero attached hydrogens (tertiary/aromatic N) is 3. The number of rotatable bonds is 4. The van der Waals surface area contributed by atoms with Gasteiger partial charge < -0.3 is 4.74 Å². The first-order chi connectivity index (χ1) is 13.7. The van der Waals surface area contributed by atoms with Gasteiger partial charge in [0.1, 0.15) is 5.82 Å². The topological polar surface area (TPSA) is 55.3 Å². The van der Waals surface area contributed by atoms with E-state index in [1.54, 1.807) is 11.0 Å². The van der Waals surface area contributed by atoms with Gasteiger partial charge in [0.05, 0.1) is 33.1 Å². The Kier molecular flexibility index (Phi) is 4.54. The zero-order valence-electron chi connectivity index (χ0n) is 14.8. The molecule has 2 aromatic carbocycles. The normalized spacial score (nSPS) is 16.8. The number of halogens is 1. The Morgan fingerprint density at radius 3 is 2.82 bits per heavy atom. The van der Waals surface area contributed by atoms with Gasteiger partial charge in [0.25, 0.3) is 5.91 Å². The monoisotopic (exact) mass is 413 g/mol. The number of benzene rings is 2. The molecule has 1 aliphatic rings. The summed E-state index contributed by atoms with van der Waals surface area (Å²) in [7, 11) is 0. The fourth-order valence-electron chi connectivity index (χ4n) is 3.32. The summed E-state index contributed by atoms with van der Waals surface area (Å²) in [5.41, 5.74) is 1.48. The van der Waals surface area contributed by atoms with Gasteiger partial charge in [0.2, 0.25) is 0 Å². The Hall–Kier alpha value is -2.42. The number of carbonyl (C=O) groups is 1. The van der Waals surface area contributed by atoms with Crippen molar-refractivity contribution in [2.75, 3.05) is 18.1 Å². The van der Waals surface area contributed by atoms with Gasteiger partial charge in [-0.1, -0.05) is 23.5 Å². The van der Waals surface area contributed by atoms with Crippen LogP contribution < -0.4 is 4.90 Å². The van der Waals surface area contributed by atoms with Gasteiger partial charge in [0, 0.05) is 6.61 Å². The molecule has 3 heterocycles. The van der Waals surface area contributed by atoms with E-state index >= 15 is 0 Å². The van der Waals surface area contributed by atoms with E-state index in [-0.39, 0.29) is 17.8 Å². The molecule has 1 saturated heterocycles. The van der Waals surface area contributed by atoms with E-state index in [0.717, 1.165) is 23.1 Å². The zero-order chi connectivity index (χ0) is 19.1. The molecule has 0 spiro atoms.